The standard InChI is InChI=1S/C16H20BrN3O3S/c1-5-19(6-2)16(21)20-10-13(17)15(18-20)24(22,23)14-9-7-8-11(3)12(14)4/h7-10H,5-6H2,1-4H3. The molecule has 0 N–H and O–H groups in total. The van der Waals surface area contributed by atoms with Gasteiger partial charge in [-0.1, -0.05) is 12.1 Å². The Hall–Kier alpha value is -1.67. The summed E-state index contributed by atoms with van der Waals surface area (Å²) in [5.74, 6) is 0. The zero-order chi connectivity index (χ0) is 18.1. The number of aryl methyl sites for hydroxylation is 1. The molecule has 1 aromatic heterocycles. The number of hydrogen-bond acceptors (Lipinski definition) is 4. The maximum atomic E-state index is 12.9. The number of halogens is 1. The Morgan fingerprint density at radius 2 is 1.88 bits per heavy atom. The van der Waals surface area contributed by atoms with Gasteiger partial charge in [-0.25, -0.2) is 13.2 Å². The van der Waals surface area contributed by atoms with Gasteiger partial charge >= 0.3 is 6.03 Å². The number of carbonyl (C=O) groups excluding carboxylic acids is 1. The molecule has 6 nitrogen and oxygen atoms in total. The predicted molar refractivity (Wildman–Crippen MR) is 95.0 cm³/mol. The summed E-state index contributed by atoms with van der Waals surface area (Å²) in [7, 11) is -3.82. The molecular formula is C16H20BrN3O3S. The van der Waals surface area contributed by atoms with Crippen molar-refractivity contribution >= 4 is 31.8 Å². The quantitative estimate of drug-likeness (QED) is 0.769. The molecule has 0 spiro atoms. The van der Waals surface area contributed by atoms with Gasteiger partial charge in [0.1, 0.15) is 0 Å². The van der Waals surface area contributed by atoms with E-state index in [1.807, 2.05) is 26.8 Å². The van der Waals surface area contributed by atoms with Crippen molar-refractivity contribution in [2.75, 3.05) is 13.1 Å². The lowest BCUT2D eigenvalue weighted by Crippen LogP contribution is -2.34. The van der Waals surface area contributed by atoms with E-state index in [4.69, 9.17) is 0 Å². The second-order valence-electron chi connectivity index (χ2n) is 5.38. The zero-order valence-electron chi connectivity index (χ0n) is 14.1. The highest BCUT2D eigenvalue weighted by Gasteiger charge is 2.28. The molecule has 2 rings (SSSR count). The first-order chi connectivity index (χ1) is 11.2. The molecule has 1 aromatic carbocycles. The third-order valence-electron chi connectivity index (χ3n) is 3.97. The van der Waals surface area contributed by atoms with Crippen molar-refractivity contribution in [3.63, 3.8) is 0 Å². The molecule has 130 valence electrons. The summed E-state index contributed by atoms with van der Waals surface area (Å²) in [5, 5.41) is 3.88. The van der Waals surface area contributed by atoms with Crippen LogP contribution in [0.15, 0.2) is 38.8 Å². The first kappa shape index (κ1) is 18.7. The molecule has 1 heterocycles. The molecule has 8 heteroatoms. The van der Waals surface area contributed by atoms with Crippen LogP contribution in [0.2, 0.25) is 0 Å². The summed E-state index contributed by atoms with van der Waals surface area (Å²) >= 11 is 3.22. The summed E-state index contributed by atoms with van der Waals surface area (Å²) in [5.41, 5.74) is 1.56. The van der Waals surface area contributed by atoms with E-state index in [1.165, 1.54) is 6.20 Å². The number of benzene rings is 1. The van der Waals surface area contributed by atoms with Crippen molar-refractivity contribution in [1.82, 2.24) is 14.7 Å². The van der Waals surface area contributed by atoms with Crippen LogP contribution in [0.3, 0.4) is 0 Å². The molecule has 0 aliphatic carbocycles. The first-order valence-corrected chi connectivity index (χ1v) is 9.87. The zero-order valence-corrected chi connectivity index (χ0v) is 16.5. The van der Waals surface area contributed by atoms with E-state index in [2.05, 4.69) is 21.0 Å². The van der Waals surface area contributed by atoms with E-state index in [0.717, 1.165) is 10.2 Å². The molecule has 1 amide bonds. The van der Waals surface area contributed by atoms with Crippen molar-refractivity contribution in [2.45, 2.75) is 37.6 Å². The fourth-order valence-corrected chi connectivity index (χ4v) is 4.82. The first-order valence-electron chi connectivity index (χ1n) is 7.59. The Kier molecular flexibility index (Phi) is 5.49. The molecule has 0 fully saturated rings. The highest BCUT2D eigenvalue weighted by atomic mass is 79.9. The highest BCUT2D eigenvalue weighted by Crippen LogP contribution is 2.29. The SMILES string of the molecule is CCN(CC)C(=O)n1cc(Br)c(S(=O)(=O)c2cccc(C)c2C)n1. The molecule has 24 heavy (non-hydrogen) atoms. The monoisotopic (exact) mass is 413 g/mol. The van der Waals surface area contributed by atoms with E-state index in [0.29, 0.717) is 18.7 Å². The van der Waals surface area contributed by atoms with Crippen LogP contribution in [-0.4, -0.2) is 42.2 Å². The topological polar surface area (TPSA) is 72.3 Å². The number of nitrogens with zero attached hydrogens (tertiary/aromatic N) is 3. The fraction of sp³-hybridized carbons (Fsp3) is 0.375. The minimum absolute atomic E-state index is 0.156. The summed E-state index contributed by atoms with van der Waals surface area (Å²) in [6, 6.07) is 4.74. The van der Waals surface area contributed by atoms with E-state index < -0.39 is 9.84 Å². The summed E-state index contributed by atoms with van der Waals surface area (Å²) in [4.78, 5) is 14.1. The third kappa shape index (κ3) is 3.25. The summed E-state index contributed by atoms with van der Waals surface area (Å²) in [6.07, 6.45) is 1.39. The van der Waals surface area contributed by atoms with Gasteiger partial charge in [0, 0.05) is 13.1 Å². The lowest BCUT2D eigenvalue weighted by atomic mass is 10.1. The van der Waals surface area contributed by atoms with E-state index in [-0.39, 0.29) is 20.4 Å². The van der Waals surface area contributed by atoms with Crippen LogP contribution >= 0.6 is 15.9 Å². The molecule has 0 aliphatic heterocycles. The minimum atomic E-state index is -3.82. The van der Waals surface area contributed by atoms with E-state index in [9.17, 15) is 13.2 Å². The maximum Gasteiger partial charge on any atom is 0.344 e. The Bertz CT molecular complexity index is 871. The van der Waals surface area contributed by atoms with Gasteiger partial charge in [0.25, 0.3) is 0 Å². The van der Waals surface area contributed by atoms with E-state index >= 15 is 0 Å². The van der Waals surface area contributed by atoms with Gasteiger partial charge in [-0.15, -0.1) is 0 Å². The van der Waals surface area contributed by atoms with Crippen LogP contribution in [0.4, 0.5) is 4.79 Å². The van der Waals surface area contributed by atoms with Gasteiger partial charge in [0.05, 0.1) is 15.6 Å². The van der Waals surface area contributed by atoms with Crippen LogP contribution < -0.4 is 0 Å². The normalized spacial score (nSPS) is 11.5. The molecular weight excluding hydrogens is 394 g/mol. The molecule has 2 aromatic rings. The van der Waals surface area contributed by atoms with Crippen LogP contribution in [0, 0.1) is 13.8 Å². The lowest BCUT2D eigenvalue weighted by molar-refractivity contribution is 0.201. The second kappa shape index (κ2) is 7.06. The number of aromatic nitrogens is 2. The molecule has 0 radical (unpaired) electrons. The largest absolute Gasteiger partial charge is 0.344 e. The van der Waals surface area contributed by atoms with Gasteiger partial charge in [-0.05, 0) is 60.8 Å². The number of rotatable bonds is 4. The van der Waals surface area contributed by atoms with Crippen molar-refractivity contribution in [2.24, 2.45) is 0 Å². The Morgan fingerprint density at radius 3 is 2.46 bits per heavy atom. The predicted octanol–water partition coefficient (Wildman–Crippen LogP) is 3.41. The van der Waals surface area contributed by atoms with Crippen molar-refractivity contribution in [1.29, 1.82) is 0 Å². The summed E-state index contributed by atoms with van der Waals surface area (Å²) in [6.45, 7) is 8.36. The van der Waals surface area contributed by atoms with Crippen LogP contribution in [0.25, 0.3) is 0 Å². The maximum absolute atomic E-state index is 12.9. The van der Waals surface area contributed by atoms with E-state index in [1.54, 1.807) is 24.0 Å². The van der Waals surface area contributed by atoms with Gasteiger partial charge in [0.2, 0.25) is 9.84 Å². The van der Waals surface area contributed by atoms with Crippen molar-refractivity contribution < 1.29 is 13.2 Å². The Balaban J connectivity index is 2.53. The average molecular weight is 414 g/mol. The summed E-state index contributed by atoms with van der Waals surface area (Å²) < 4.78 is 27.2. The minimum Gasteiger partial charge on any atom is -0.323 e. The molecule has 0 aliphatic rings. The second-order valence-corrected chi connectivity index (χ2v) is 8.07. The fourth-order valence-electron chi connectivity index (χ4n) is 2.38. The number of carbonyl (C=O) groups is 1. The molecule has 0 saturated carbocycles. The van der Waals surface area contributed by atoms with Crippen molar-refractivity contribution in [3.8, 4) is 0 Å². The molecule has 0 unspecified atom stereocenters. The lowest BCUT2D eigenvalue weighted by Gasteiger charge is -2.17. The smallest absolute Gasteiger partial charge is 0.323 e. The molecule has 0 atom stereocenters. The Morgan fingerprint density at radius 1 is 1.25 bits per heavy atom. The van der Waals surface area contributed by atoms with Crippen molar-refractivity contribution in [3.05, 3.63) is 40.0 Å². The highest BCUT2D eigenvalue weighted by molar-refractivity contribution is 9.10. The van der Waals surface area contributed by atoms with Crippen LogP contribution in [0.5, 0.6) is 0 Å². The van der Waals surface area contributed by atoms with Gasteiger partial charge in [0.15, 0.2) is 5.03 Å². The average Bonchev–Trinajstić information content (AvgIpc) is 2.93. The Labute approximate surface area is 150 Å². The third-order valence-corrected chi connectivity index (χ3v) is 6.64. The van der Waals surface area contributed by atoms with Crippen LogP contribution in [0.1, 0.15) is 25.0 Å². The van der Waals surface area contributed by atoms with Crippen LogP contribution in [-0.2, 0) is 9.84 Å². The number of sulfone groups is 1. The number of hydrogen-bond donors (Lipinski definition) is 0. The van der Waals surface area contributed by atoms with Gasteiger partial charge in [-0.3, -0.25) is 0 Å². The van der Waals surface area contributed by atoms with Gasteiger partial charge in [-0.2, -0.15) is 9.78 Å². The molecule has 0 saturated heterocycles. The molecule has 0 bridgehead atoms. The van der Waals surface area contributed by atoms with Gasteiger partial charge < -0.3 is 4.90 Å². The number of amides is 1.